The number of hydrogen-bond donors (Lipinski definition) is 2. The summed E-state index contributed by atoms with van der Waals surface area (Å²) < 4.78 is 0. The molecule has 1 fully saturated rings. The van der Waals surface area contributed by atoms with Crippen LogP contribution in [0.2, 0.25) is 0 Å². The molecule has 7 nitrogen and oxygen atoms in total. The summed E-state index contributed by atoms with van der Waals surface area (Å²) in [6.45, 7) is 8.35. The van der Waals surface area contributed by atoms with Crippen molar-refractivity contribution in [3.8, 4) is 6.07 Å². The normalized spacial score (nSPS) is 19.1. The van der Waals surface area contributed by atoms with Gasteiger partial charge in [0.2, 0.25) is 11.8 Å². The Kier molecular flexibility index (Phi) is 7.12. The number of nitrogens with one attached hydrogen (secondary N) is 2. The van der Waals surface area contributed by atoms with Crippen LogP contribution >= 0.6 is 0 Å². The van der Waals surface area contributed by atoms with Gasteiger partial charge in [-0.1, -0.05) is 0 Å². The first-order chi connectivity index (χ1) is 9.97. The van der Waals surface area contributed by atoms with Gasteiger partial charge < -0.3 is 15.5 Å². The van der Waals surface area contributed by atoms with Crippen molar-refractivity contribution in [3.63, 3.8) is 0 Å². The van der Waals surface area contributed by atoms with E-state index in [4.69, 9.17) is 5.26 Å². The number of piperazine rings is 1. The van der Waals surface area contributed by atoms with Crippen LogP contribution in [0, 0.1) is 11.3 Å². The number of carbonyl (C=O) groups is 2. The molecule has 2 N–H and O–H groups in total. The lowest BCUT2D eigenvalue weighted by Gasteiger charge is -2.33. The van der Waals surface area contributed by atoms with E-state index in [0.29, 0.717) is 19.6 Å². The third-order valence-electron chi connectivity index (χ3n) is 3.36. The van der Waals surface area contributed by atoms with Crippen molar-refractivity contribution in [3.05, 3.63) is 0 Å². The van der Waals surface area contributed by atoms with Crippen molar-refractivity contribution < 1.29 is 9.59 Å². The molecule has 0 bridgehead atoms. The van der Waals surface area contributed by atoms with Crippen LogP contribution in [0.15, 0.2) is 0 Å². The van der Waals surface area contributed by atoms with Gasteiger partial charge in [0.25, 0.3) is 0 Å². The van der Waals surface area contributed by atoms with E-state index in [2.05, 4.69) is 16.7 Å². The number of nitriles is 1. The molecule has 1 rings (SSSR count). The zero-order valence-corrected chi connectivity index (χ0v) is 13.1. The highest BCUT2D eigenvalue weighted by Gasteiger charge is 2.26. The Morgan fingerprint density at radius 3 is 2.81 bits per heavy atom. The molecule has 0 aromatic rings. The van der Waals surface area contributed by atoms with Crippen LogP contribution in [-0.2, 0) is 9.59 Å². The SMILES string of the molecule is CCN(CC(=O)NC(C)C)C(=O)CN1CCNCC1C#N. The average Bonchev–Trinajstić information content (AvgIpc) is 2.44. The zero-order valence-electron chi connectivity index (χ0n) is 13.1. The Balaban J connectivity index is 2.54. The van der Waals surface area contributed by atoms with Gasteiger partial charge in [-0.15, -0.1) is 0 Å². The van der Waals surface area contributed by atoms with Gasteiger partial charge in [0.1, 0.15) is 6.04 Å². The molecule has 1 unspecified atom stereocenters. The molecule has 0 spiro atoms. The highest BCUT2D eigenvalue weighted by Crippen LogP contribution is 2.03. The molecule has 1 aliphatic rings. The first-order valence-electron chi connectivity index (χ1n) is 7.39. The summed E-state index contributed by atoms with van der Waals surface area (Å²) in [6, 6.07) is 1.97. The van der Waals surface area contributed by atoms with Crippen LogP contribution in [-0.4, -0.2) is 73.0 Å². The van der Waals surface area contributed by atoms with Crippen molar-refractivity contribution in [2.24, 2.45) is 0 Å². The molecule has 0 saturated carbocycles. The Labute approximate surface area is 126 Å². The minimum absolute atomic E-state index is 0.0578. The Hall–Kier alpha value is -1.65. The predicted octanol–water partition coefficient (Wildman–Crippen LogP) is -0.843. The molecule has 118 valence electrons. The van der Waals surface area contributed by atoms with Gasteiger partial charge in [0, 0.05) is 32.2 Å². The van der Waals surface area contributed by atoms with Crippen LogP contribution in [0.5, 0.6) is 0 Å². The van der Waals surface area contributed by atoms with Crippen molar-refractivity contribution >= 4 is 11.8 Å². The predicted molar refractivity (Wildman–Crippen MR) is 79.4 cm³/mol. The van der Waals surface area contributed by atoms with Crippen molar-refractivity contribution in [1.29, 1.82) is 5.26 Å². The maximum atomic E-state index is 12.3. The van der Waals surface area contributed by atoms with Crippen molar-refractivity contribution in [2.75, 3.05) is 39.3 Å². The van der Waals surface area contributed by atoms with Gasteiger partial charge in [-0.2, -0.15) is 5.26 Å². The summed E-state index contributed by atoms with van der Waals surface area (Å²) in [6.07, 6.45) is 0. The molecule has 1 atom stereocenters. The van der Waals surface area contributed by atoms with Gasteiger partial charge >= 0.3 is 0 Å². The average molecular weight is 295 g/mol. The smallest absolute Gasteiger partial charge is 0.239 e. The first kappa shape index (κ1) is 17.4. The number of amides is 2. The summed E-state index contributed by atoms with van der Waals surface area (Å²) >= 11 is 0. The van der Waals surface area contributed by atoms with E-state index < -0.39 is 0 Å². The van der Waals surface area contributed by atoms with Crippen LogP contribution in [0.4, 0.5) is 0 Å². The van der Waals surface area contributed by atoms with Gasteiger partial charge in [0.05, 0.1) is 19.2 Å². The third kappa shape index (κ3) is 5.69. The second-order valence-corrected chi connectivity index (χ2v) is 5.45. The second-order valence-electron chi connectivity index (χ2n) is 5.45. The quantitative estimate of drug-likeness (QED) is 0.667. The van der Waals surface area contributed by atoms with Gasteiger partial charge in [-0.25, -0.2) is 0 Å². The molecule has 1 aliphatic heterocycles. The summed E-state index contributed by atoms with van der Waals surface area (Å²) in [5, 5.41) is 15.0. The molecule has 0 aliphatic carbocycles. The lowest BCUT2D eigenvalue weighted by Crippen LogP contribution is -2.54. The van der Waals surface area contributed by atoms with Gasteiger partial charge in [-0.3, -0.25) is 14.5 Å². The summed E-state index contributed by atoms with van der Waals surface area (Å²) in [4.78, 5) is 27.4. The number of nitrogens with zero attached hydrogens (tertiary/aromatic N) is 3. The molecule has 7 heteroatoms. The Morgan fingerprint density at radius 2 is 2.24 bits per heavy atom. The van der Waals surface area contributed by atoms with E-state index in [0.717, 1.165) is 6.54 Å². The van der Waals surface area contributed by atoms with E-state index in [1.807, 2.05) is 25.7 Å². The monoisotopic (exact) mass is 295 g/mol. The lowest BCUT2D eigenvalue weighted by atomic mass is 10.2. The molecule has 21 heavy (non-hydrogen) atoms. The molecular weight excluding hydrogens is 270 g/mol. The van der Waals surface area contributed by atoms with Crippen LogP contribution < -0.4 is 10.6 Å². The highest BCUT2D eigenvalue weighted by molar-refractivity contribution is 5.85. The van der Waals surface area contributed by atoms with Crippen LogP contribution in [0.3, 0.4) is 0 Å². The number of likely N-dealkylation sites (N-methyl/N-ethyl adjacent to an activating group) is 1. The molecule has 2 amide bonds. The topological polar surface area (TPSA) is 88.5 Å². The standard InChI is InChI=1S/C14H25N5O2/c1-4-18(9-13(20)17-11(2)3)14(21)10-19-6-5-16-8-12(19)7-15/h11-12,16H,4-6,8-10H2,1-3H3,(H,17,20). The minimum Gasteiger partial charge on any atom is -0.352 e. The van der Waals surface area contributed by atoms with Crippen molar-refractivity contribution in [1.82, 2.24) is 20.4 Å². The van der Waals surface area contributed by atoms with Crippen LogP contribution in [0.25, 0.3) is 0 Å². The number of carbonyl (C=O) groups excluding carboxylic acids is 2. The lowest BCUT2D eigenvalue weighted by molar-refractivity contribution is -0.137. The maximum absolute atomic E-state index is 12.3. The second kappa shape index (κ2) is 8.60. The molecular formula is C14H25N5O2. The summed E-state index contributed by atoms with van der Waals surface area (Å²) in [5.41, 5.74) is 0. The number of rotatable bonds is 6. The van der Waals surface area contributed by atoms with E-state index in [1.165, 1.54) is 4.90 Å². The van der Waals surface area contributed by atoms with Gasteiger partial charge in [-0.05, 0) is 20.8 Å². The third-order valence-corrected chi connectivity index (χ3v) is 3.36. The van der Waals surface area contributed by atoms with Crippen molar-refractivity contribution in [2.45, 2.75) is 32.9 Å². The maximum Gasteiger partial charge on any atom is 0.239 e. The van der Waals surface area contributed by atoms with E-state index >= 15 is 0 Å². The first-order valence-corrected chi connectivity index (χ1v) is 7.39. The van der Waals surface area contributed by atoms with Crippen LogP contribution in [0.1, 0.15) is 20.8 Å². The minimum atomic E-state index is -0.286. The van der Waals surface area contributed by atoms with Gasteiger partial charge in [0.15, 0.2) is 0 Å². The Bertz CT molecular complexity index is 405. The molecule has 0 aromatic heterocycles. The largest absolute Gasteiger partial charge is 0.352 e. The van der Waals surface area contributed by atoms with E-state index in [9.17, 15) is 9.59 Å². The summed E-state index contributed by atoms with van der Waals surface area (Å²) in [5.74, 6) is -0.268. The van der Waals surface area contributed by atoms with E-state index in [-0.39, 0.29) is 37.0 Å². The highest BCUT2D eigenvalue weighted by atomic mass is 16.2. The zero-order chi connectivity index (χ0) is 15.8. The molecule has 1 heterocycles. The molecule has 0 aromatic carbocycles. The fourth-order valence-electron chi connectivity index (χ4n) is 2.25. The molecule has 1 saturated heterocycles. The van der Waals surface area contributed by atoms with E-state index in [1.54, 1.807) is 0 Å². The summed E-state index contributed by atoms with van der Waals surface area (Å²) in [7, 11) is 0. The fraction of sp³-hybridized carbons (Fsp3) is 0.786. The number of hydrogen-bond acceptors (Lipinski definition) is 5. The molecule has 0 radical (unpaired) electrons. The fourth-order valence-corrected chi connectivity index (χ4v) is 2.25. The Morgan fingerprint density at radius 1 is 1.52 bits per heavy atom.